The van der Waals surface area contributed by atoms with Gasteiger partial charge in [0.15, 0.2) is 0 Å². The van der Waals surface area contributed by atoms with Gasteiger partial charge in [0.1, 0.15) is 5.82 Å². The van der Waals surface area contributed by atoms with E-state index in [1.54, 1.807) is 12.1 Å². The Morgan fingerprint density at radius 3 is 3.05 bits per heavy atom. The Morgan fingerprint density at radius 1 is 1.62 bits per heavy atom. The first kappa shape index (κ1) is 15.4. The minimum absolute atomic E-state index is 0.0783. The number of hydrogen-bond acceptors (Lipinski definition) is 3. The number of amides is 1. The highest BCUT2D eigenvalue weighted by Crippen LogP contribution is 2.19. The maximum atomic E-state index is 13.8. The second-order valence-corrected chi connectivity index (χ2v) is 5.00. The number of allylic oxidation sites excluding steroid dienone is 1. The van der Waals surface area contributed by atoms with E-state index in [0.29, 0.717) is 11.3 Å². The second kappa shape index (κ2) is 7.13. The third kappa shape index (κ3) is 3.76. The van der Waals surface area contributed by atoms with Crippen molar-refractivity contribution < 1.29 is 9.18 Å². The van der Waals surface area contributed by atoms with Crippen LogP contribution in [0.2, 0.25) is 0 Å². The smallest absolute Gasteiger partial charge is 0.237 e. The average molecular weight is 289 g/mol. The molecule has 1 aliphatic rings. The van der Waals surface area contributed by atoms with Crippen LogP contribution < -0.4 is 10.6 Å². The van der Waals surface area contributed by atoms with E-state index in [2.05, 4.69) is 22.3 Å². The van der Waals surface area contributed by atoms with Gasteiger partial charge in [0.05, 0.1) is 11.7 Å². The Bertz CT molecular complexity index is 563. The Morgan fingerprint density at radius 2 is 2.43 bits per heavy atom. The molecule has 21 heavy (non-hydrogen) atoms. The number of halogens is 1. The molecule has 5 heteroatoms. The minimum atomic E-state index is -0.335. The number of hydrogen-bond donors (Lipinski definition) is 2. The third-order valence-electron chi connectivity index (χ3n) is 3.62. The Kier molecular flexibility index (Phi) is 5.22. The molecule has 0 aromatic heterocycles. The topological polar surface area (TPSA) is 53.5 Å². The van der Waals surface area contributed by atoms with Crippen molar-refractivity contribution in [2.24, 2.45) is 4.99 Å². The summed E-state index contributed by atoms with van der Waals surface area (Å²) in [5.41, 5.74) is 1.93. The fourth-order valence-corrected chi connectivity index (χ4v) is 2.43. The third-order valence-corrected chi connectivity index (χ3v) is 3.62. The fourth-order valence-electron chi connectivity index (χ4n) is 2.43. The van der Waals surface area contributed by atoms with E-state index in [1.807, 2.05) is 13.0 Å². The van der Waals surface area contributed by atoms with Crippen molar-refractivity contribution in [2.45, 2.75) is 32.4 Å². The summed E-state index contributed by atoms with van der Waals surface area (Å²) in [5.74, 6) is -0.414. The van der Waals surface area contributed by atoms with Gasteiger partial charge < -0.3 is 10.6 Å². The monoisotopic (exact) mass is 289 g/mol. The van der Waals surface area contributed by atoms with Crippen molar-refractivity contribution in [2.75, 3.05) is 6.54 Å². The van der Waals surface area contributed by atoms with E-state index in [-0.39, 0.29) is 24.3 Å². The molecule has 0 spiro atoms. The van der Waals surface area contributed by atoms with E-state index < -0.39 is 0 Å². The van der Waals surface area contributed by atoms with E-state index in [0.717, 1.165) is 24.9 Å². The highest BCUT2D eigenvalue weighted by molar-refractivity contribution is 5.82. The molecule has 0 radical (unpaired) electrons. The van der Waals surface area contributed by atoms with Crippen LogP contribution in [0.15, 0.2) is 29.3 Å². The lowest BCUT2D eigenvalue weighted by atomic mass is 10.1. The van der Waals surface area contributed by atoms with Crippen LogP contribution in [0.25, 0.3) is 5.70 Å². The number of carbonyl (C=O) groups excluding carboxylic acids is 1. The van der Waals surface area contributed by atoms with Crippen molar-refractivity contribution in [3.63, 3.8) is 0 Å². The molecule has 2 rings (SSSR count). The molecular weight excluding hydrogens is 269 g/mol. The molecule has 1 aromatic carbocycles. The molecule has 2 N–H and O–H groups in total. The first-order chi connectivity index (χ1) is 10.2. The number of aliphatic imine (C=N–C) groups is 1. The molecule has 0 aliphatic carbocycles. The van der Waals surface area contributed by atoms with Gasteiger partial charge in [-0.25, -0.2) is 4.39 Å². The van der Waals surface area contributed by atoms with Crippen LogP contribution in [0.3, 0.4) is 0 Å². The number of rotatable bonds is 5. The maximum absolute atomic E-state index is 13.8. The largest absolute Gasteiger partial charge is 0.351 e. The molecule has 1 amide bonds. The number of nitrogens with one attached hydrogen (secondary N) is 2. The van der Waals surface area contributed by atoms with Crippen molar-refractivity contribution in [3.05, 3.63) is 41.2 Å². The highest BCUT2D eigenvalue weighted by atomic mass is 19.1. The Balaban J connectivity index is 2.06. The lowest BCUT2D eigenvalue weighted by Gasteiger charge is -2.12. The van der Waals surface area contributed by atoms with Crippen LogP contribution in [-0.4, -0.2) is 25.2 Å². The van der Waals surface area contributed by atoms with Crippen LogP contribution in [0.5, 0.6) is 0 Å². The first-order valence-corrected chi connectivity index (χ1v) is 7.08. The van der Waals surface area contributed by atoms with Crippen molar-refractivity contribution in [1.29, 1.82) is 0 Å². The van der Waals surface area contributed by atoms with Crippen molar-refractivity contribution >= 4 is 18.3 Å². The molecule has 0 bridgehead atoms. The Labute approximate surface area is 124 Å². The quantitative estimate of drug-likeness (QED) is 0.817. The number of nitrogens with zero attached hydrogens (tertiary/aromatic N) is 1. The van der Waals surface area contributed by atoms with Gasteiger partial charge in [0.25, 0.3) is 0 Å². The molecule has 1 aromatic rings. The van der Waals surface area contributed by atoms with Gasteiger partial charge in [-0.15, -0.1) is 0 Å². The van der Waals surface area contributed by atoms with Gasteiger partial charge in [-0.05, 0) is 51.2 Å². The summed E-state index contributed by atoms with van der Waals surface area (Å²) >= 11 is 0. The SMILES string of the molecule is C=N/C(=C\C)c1ccc(F)c(CNC(=O)C2CCCN2)c1. The molecule has 1 heterocycles. The lowest BCUT2D eigenvalue weighted by Crippen LogP contribution is -2.40. The summed E-state index contributed by atoms with van der Waals surface area (Å²) in [7, 11) is 0. The van der Waals surface area contributed by atoms with Crippen LogP contribution >= 0.6 is 0 Å². The minimum Gasteiger partial charge on any atom is -0.351 e. The Hall–Kier alpha value is -2.01. The number of benzene rings is 1. The summed E-state index contributed by atoms with van der Waals surface area (Å²) in [6.07, 6.45) is 3.64. The van der Waals surface area contributed by atoms with Crippen molar-refractivity contribution in [3.8, 4) is 0 Å². The summed E-state index contributed by atoms with van der Waals surface area (Å²) in [6.45, 7) is 6.37. The average Bonchev–Trinajstić information content (AvgIpc) is 3.02. The highest BCUT2D eigenvalue weighted by Gasteiger charge is 2.21. The maximum Gasteiger partial charge on any atom is 0.237 e. The second-order valence-electron chi connectivity index (χ2n) is 5.00. The van der Waals surface area contributed by atoms with Gasteiger partial charge in [0.2, 0.25) is 5.91 Å². The van der Waals surface area contributed by atoms with Crippen LogP contribution in [0.4, 0.5) is 4.39 Å². The molecule has 1 fully saturated rings. The van der Waals surface area contributed by atoms with Gasteiger partial charge in [-0.3, -0.25) is 9.79 Å². The normalized spacial score (nSPS) is 18.6. The summed E-state index contributed by atoms with van der Waals surface area (Å²) in [4.78, 5) is 15.8. The first-order valence-electron chi connectivity index (χ1n) is 7.08. The molecule has 112 valence electrons. The lowest BCUT2D eigenvalue weighted by molar-refractivity contribution is -0.122. The van der Waals surface area contributed by atoms with Gasteiger partial charge >= 0.3 is 0 Å². The van der Waals surface area contributed by atoms with E-state index in [9.17, 15) is 9.18 Å². The number of carbonyl (C=O) groups is 1. The molecule has 1 saturated heterocycles. The zero-order valence-corrected chi connectivity index (χ0v) is 12.2. The van der Waals surface area contributed by atoms with E-state index in [4.69, 9.17) is 0 Å². The molecule has 1 atom stereocenters. The van der Waals surface area contributed by atoms with Crippen molar-refractivity contribution in [1.82, 2.24) is 10.6 Å². The molecule has 0 saturated carbocycles. The summed E-state index contributed by atoms with van der Waals surface area (Å²) < 4.78 is 13.8. The molecule has 1 aliphatic heterocycles. The molecular formula is C16H20FN3O. The predicted molar refractivity (Wildman–Crippen MR) is 82.5 cm³/mol. The zero-order valence-electron chi connectivity index (χ0n) is 12.2. The standard InChI is InChI=1S/C16H20FN3O/c1-3-14(18-2)11-6-7-13(17)12(9-11)10-20-16(21)15-5-4-8-19-15/h3,6-7,9,15,19H,2,4-5,8,10H2,1H3,(H,20,21)/b14-3-. The fraction of sp³-hybridized carbons (Fsp3) is 0.375. The molecule has 4 nitrogen and oxygen atoms in total. The van der Waals surface area contributed by atoms with Crippen LogP contribution in [-0.2, 0) is 11.3 Å². The summed E-state index contributed by atoms with van der Waals surface area (Å²) in [6, 6.07) is 4.58. The zero-order chi connectivity index (χ0) is 15.2. The van der Waals surface area contributed by atoms with Gasteiger partial charge in [-0.1, -0.05) is 6.08 Å². The van der Waals surface area contributed by atoms with E-state index >= 15 is 0 Å². The van der Waals surface area contributed by atoms with E-state index in [1.165, 1.54) is 6.07 Å². The molecule has 1 unspecified atom stereocenters. The van der Waals surface area contributed by atoms with Gasteiger partial charge in [-0.2, -0.15) is 0 Å². The van der Waals surface area contributed by atoms with Crippen LogP contribution in [0.1, 0.15) is 30.9 Å². The van der Waals surface area contributed by atoms with Crippen LogP contribution in [0, 0.1) is 5.82 Å². The summed E-state index contributed by atoms with van der Waals surface area (Å²) in [5, 5.41) is 5.89. The predicted octanol–water partition coefficient (Wildman–Crippen LogP) is 2.26. The van der Waals surface area contributed by atoms with Gasteiger partial charge in [0, 0.05) is 17.7 Å².